The summed E-state index contributed by atoms with van der Waals surface area (Å²) in [5.41, 5.74) is 1.17. The number of carbonyl (C=O) groups excluding carboxylic acids is 2. The fraction of sp³-hybridized carbons (Fsp3) is 0. The van der Waals surface area contributed by atoms with E-state index in [1.807, 2.05) is 18.2 Å². The SMILES string of the molecule is O=C(Nc1ccccc1)Nc1ccc(C(=O)Nc2ccc(F)cc2)s1. The molecule has 0 aliphatic carbocycles. The van der Waals surface area contributed by atoms with Crippen molar-refractivity contribution in [2.24, 2.45) is 0 Å². The van der Waals surface area contributed by atoms with Crippen LogP contribution in [0.4, 0.5) is 25.6 Å². The molecule has 3 amide bonds. The molecule has 3 aromatic rings. The smallest absolute Gasteiger partial charge is 0.321 e. The Morgan fingerprint density at radius 3 is 2.16 bits per heavy atom. The minimum atomic E-state index is -0.390. The van der Waals surface area contributed by atoms with Crippen LogP contribution in [-0.4, -0.2) is 11.9 Å². The zero-order chi connectivity index (χ0) is 17.6. The van der Waals surface area contributed by atoms with Gasteiger partial charge in [0, 0.05) is 11.4 Å². The number of nitrogens with one attached hydrogen (secondary N) is 3. The molecule has 2 aromatic carbocycles. The van der Waals surface area contributed by atoms with Gasteiger partial charge < -0.3 is 10.6 Å². The second-order valence-corrected chi connectivity index (χ2v) is 6.15. The van der Waals surface area contributed by atoms with Crippen molar-refractivity contribution >= 4 is 39.7 Å². The van der Waals surface area contributed by atoms with E-state index in [0.29, 0.717) is 21.3 Å². The Morgan fingerprint density at radius 1 is 0.760 bits per heavy atom. The minimum absolute atomic E-state index is 0.326. The molecule has 0 bridgehead atoms. The van der Waals surface area contributed by atoms with Gasteiger partial charge in [0.15, 0.2) is 0 Å². The van der Waals surface area contributed by atoms with E-state index in [1.165, 1.54) is 24.3 Å². The number of carbonyl (C=O) groups is 2. The molecule has 3 rings (SSSR count). The molecule has 0 saturated carbocycles. The number of benzene rings is 2. The highest BCUT2D eigenvalue weighted by molar-refractivity contribution is 7.18. The Kier molecular flexibility index (Phi) is 5.06. The summed E-state index contributed by atoms with van der Waals surface area (Å²) in [5, 5.41) is 8.58. The van der Waals surface area contributed by atoms with E-state index in [-0.39, 0.29) is 11.7 Å². The molecule has 126 valence electrons. The average Bonchev–Trinajstić information content (AvgIpc) is 3.06. The van der Waals surface area contributed by atoms with Crippen LogP contribution in [-0.2, 0) is 0 Å². The van der Waals surface area contributed by atoms with Crippen LogP contribution < -0.4 is 16.0 Å². The number of anilines is 3. The molecule has 0 radical (unpaired) electrons. The second-order valence-electron chi connectivity index (χ2n) is 5.07. The van der Waals surface area contributed by atoms with Crippen molar-refractivity contribution in [3.8, 4) is 0 Å². The maximum Gasteiger partial charge on any atom is 0.324 e. The predicted octanol–water partition coefficient (Wildman–Crippen LogP) is 4.78. The first kappa shape index (κ1) is 16.7. The van der Waals surface area contributed by atoms with Crippen molar-refractivity contribution in [3.63, 3.8) is 0 Å². The van der Waals surface area contributed by atoms with Crippen LogP contribution in [0.25, 0.3) is 0 Å². The molecular weight excluding hydrogens is 341 g/mol. The molecule has 3 N–H and O–H groups in total. The third kappa shape index (κ3) is 4.65. The average molecular weight is 355 g/mol. The highest BCUT2D eigenvalue weighted by Gasteiger charge is 2.11. The number of amides is 3. The number of thiophene rings is 1. The molecule has 0 unspecified atom stereocenters. The van der Waals surface area contributed by atoms with Crippen LogP contribution in [0.15, 0.2) is 66.7 Å². The molecule has 5 nitrogen and oxygen atoms in total. The lowest BCUT2D eigenvalue weighted by atomic mass is 10.3. The Labute approximate surface area is 147 Å². The van der Waals surface area contributed by atoms with E-state index < -0.39 is 6.03 Å². The monoisotopic (exact) mass is 355 g/mol. The van der Waals surface area contributed by atoms with Crippen molar-refractivity contribution < 1.29 is 14.0 Å². The molecule has 1 aromatic heterocycles. The molecule has 7 heteroatoms. The first-order valence-corrected chi connectivity index (χ1v) is 8.21. The maximum absolute atomic E-state index is 12.9. The van der Waals surface area contributed by atoms with Gasteiger partial charge in [0.1, 0.15) is 5.82 Å². The standard InChI is InChI=1S/C18H14FN3O2S/c19-12-6-8-14(9-7-12)20-17(23)15-10-11-16(25-15)22-18(24)21-13-4-2-1-3-5-13/h1-11H,(H,20,23)(H2,21,22,24). The Morgan fingerprint density at radius 2 is 1.44 bits per heavy atom. The van der Waals surface area contributed by atoms with Crippen molar-refractivity contribution in [3.05, 3.63) is 77.4 Å². The number of hydrogen-bond donors (Lipinski definition) is 3. The van der Waals surface area contributed by atoms with Crippen LogP contribution in [0, 0.1) is 5.82 Å². The number of rotatable bonds is 4. The van der Waals surface area contributed by atoms with Gasteiger partial charge in [-0.15, -0.1) is 11.3 Å². The lowest BCUT2D eigenvalue weighted by Gasteiger charge is -2.05. The van der Waals surface area contributed by atoms with Gasteiger partial charge in [-0.3, -0.25) is 10.1 Å². The summed E-state index contributed by atoms with van der Waals surface area (Å²) >= 11 is 1.14. The Hall–Kier alpha value is -3.19. The van der Waals surface area contributed by atoms with E-state index in [9.17, 15) is 14.0 Å². The van der Waals surface area contributed by atoms with Crippen LogP contribution in [0.1, 0.15) is 9.67 Å². The quantitative estimate of drug-likeness (QED) is 0.630. The Balaban J connectivity index is 1.59. The van der Waals surface area contributed by atoms with Crippen molar-refractivity contribution in [2.75, 3.05) is 16.0 Å². The van der Waals surface area contributed by atoms with Gasteiger partial charge in [0.2, 0.25) is 0 Å². The summed E-state index contributed by atoms with van der Waals surface area (Å²) in [6, 6.07) is 17.4. The van der Waals surface area contributed by atoms with Gasteiger partial charge in [0.05, 0.1) is 9.88 Å². The Bertz CT molecular complexity index is 879. The molecule has 0 saturated heterocycles. The van der Waals surface area contributed by atoms with Crippen molar-refractivity contribution in [1.29, 1.82) is 0 Å². The third-order valence-electron chi connectivity index (χ3n) is 3.20. The van der Waals surface area contributed by atoms with Gasteiger partial charge in [-0.2, -0.15) is 0 Å². The van der Waals surface area contributed by atoms with E-state index in [4.69, 9.17) is 0 Å². The van der Waals surface area contributed by atoms with Crippen LogP contribution in [0.2, 0.25) is 0 Å². The lowest BCUT2D eigenvalue weighted by molar-refractivity contribution is 0.103. The zero-order valence-electron chi connectivity index (χ0n) is 13.0. The first-order chi connectivity index (χ1) is 12.1. The second kappa shape index (κ2) is 7.59. The van der Waals surface area contributed by atoms with Gasteiger partial charge >= 0.3 is 6.03 Å². The summed E-state index contributed by atoms with van der Waals surface area (Å²) in [4.78, 5) is 24.5. The van der Waals surface area contributed by atoms with E-state index in [0.717, 1.165) is 11.3 Å². The topological polar surface area (TPSA) is 70.2 Å². The van der Waals surface area contributed by atoms with E-state index >= 15 is 0 Å². The normalized spacial score (nSPS) is 10.1. The zero-order valence-corrected chi connectivity index (χ0v) is 13.8. The molecule has 25 heavy (non-hydrogen) atoms. The summed E-state index contributed by atoms with van der Waals surface area (Å²) in [6.07, 6.45) is 0. The molecule has 1 heterocycles. The third-order valence-corrected chi connectivity index (χ3v) is 4.20. The fourth-order valence-electron chi connectivity index (χ4n) is 2.05. The molecule has 0 aliphatic heterocycles. The van der Waals surface area contributed by atoms with Crippen LogP contribution in [0.5, 0.6) is 0 Å². The van der Waals surface area contributed by atoms with Gasteiger partial charge in [-0.25, -0.2) is 9.18 Å². The number of halogens is 1. The predicted molar refractivity (Wildman–Crippen MR) is 97.8 cm³/mol. The van der Waals surface area contributed by atoms with Gasteiger partial charge in [0.25, 0.3) is 5.91 Å². The van der Waals surface area contributed by atoms with E-state index in [2.05, 4.69) is 16.0 Å². The largest absolute Gasteiger partial charge is 0.324 e. The summed E-state index contributed by atoms with van der Waals surface area (Å²) in [5.74, 6) is -0.696. The molecule has 0 aliphatic rings. The van der Waals surface area contributed by atoms with Crippen LogP contribution in [0.3, 0.4) is 0 Å². The van der Waals surface area contributed by atoms with Crippen molar-refractivity contribution in [1.82, 2.24) is 0 Å². The number of para-hydroxylation sites is 1. The molecule has 0 spiro atoms. The lowest BCUT2D eigenvalue weighted by Crippen LogP contribution is -2.18. The molecule has 0 fully saturated rings. The number of urea groups is 1. The summed E-state index contributed by atoms with van der Waals surface area (Å²) in [6.45, 7) is 0. The minimum Gasteiger partial charge on any atom is -0.321 e. The number of hydrogen-bond acceptors (Lipinski definition) is 3. The van der Waals surface area contributed by atoms with E-state index in [1.54, 1.807) is 24.3 Å². The fourth-order valence-corrected chi connectivity index (χ4v) is 2.85. The molecular formula is C18H14FN3O2S. The van der Waals surface area contributed by atoms with Crippen LogP contribution >= 0.6 is 11.3 Å². The highest BCUT2D eigenvalue weighted by atomic mass is 32.1. The van der Waals surface area contributed by atoms with Gasteiger partial charge in [-0.05, 0) is 48.5 Å². The summed E-state index contributed by atoms with van der Waals surface area (Å²) < 4.78 is 12.9. The maximum atomic E-state index is 12.9. The summed E-state index contributed by atoms with van der Waals surface area (Å²) in [7, 11) is 0. The molecule has 0 atom stereocenters. The van der Waals surface area contributed by atoms with Crippen molar-refractivity contribution in [2.45, 2.75) is 0 Å². The first-order valence-electron chi connectivity index (χ1n) is 7.40. The van der Waals surface area contributed by atoms with Gasteiger partial charge in [-0.1, -0.05) is 18.2 Å². The highest BCUT2D eigenvalue weighted by Crippen LogP contribution is 2.23.